The molecule has 6 heteroatoms. The molecule has 0 N–H and O–H groups in total. The van der Waals surface area contributed by atoms with E-state index in [9.17, 15) is 13.2 Å². The molecule has 0 amide bonds. The second-order valence-electron chi connectivity index (χ2n) is 9.67. The van der Waals surface area contributed by atoms with Crippen LogP contribution in [-0.4, -0.2) is 19.3 Å². The molecule has 2 saturated carbocycles. The third kappa shape index (κ3) is 5.76. The maximum Gasteiger partial charge on any atom is 0.358 e. The van der Waals surface area contributed by atoms with Crippen molar-refractivity contribution in [3.63, 3.8) is 0 Å². The second kappa shape index (κ2) is 10.8. The molecule has 1 aromatic carbocycles. The van der Waals surface area contributed by atoms with Crippen LogP contribution >= 0.6 is 11.3 Å². The molecular weight excluding hydrogens is 445 g/mol. The van der Waals surface area contributed by atoms with Crippen LogP contribution in [0.1, 0.15) is 81.9 Å². The summed E-state index contributed by atoms with van der Waals surface area (Å²) >= 11 is 1.43. The van der Waals surface area contributed by atoms with Crippen LogP contribution in [0.2, 0.25) is 0 Å². The number of rotatable bonds is 8. The van der Waals surface area contributed by atoms with Crippen LogP contribution in [0, 0.1) is 17.7 Å². The highest BCUT2D eigenvalue weighted by Gasteiger charge is 2.45. The molecule has 4 rings (SSSR count). The highest BCUT2D eigenvalue weighted by Crippen LogP contribution is 2.47. The van der Waals surface area contributed by atoms with Gasteiger partial charge in [-0.05, 0) is 107 Å². The molecule has 0 atom stereocenters. The molecule has 0 saturated heterocycles. The fraction of sp³-hybridized carbons (Fsp3) is 0.630. The Morgan fingerprint density at radius 2 is 1.79 bits per heavy atom. The summed E-state index contributed by atoms with van der Waals surface area (Å²) in [6.07, 6.45) is 8.79. The van der Waals surface area contributed by atoms with Gasteiger partial charge in [0.25, 0.3) is 0 Å². The lowest BCUT2D eigenvalue weighted by molar-refractivity contribution is -0.301. The standard InChI is InChI=1S/C27H35F3O2S/c1-3-4-5-6-18-7-14-22(15-8-18)32-27(29,30)21-12-9-19(10-13-21)24-17-20-11-16-23(31-2)25(28)26(20)33-24/h3-4,11,16-19,21-22H,5-10,12-15H2,1-2H3/b4-3+. The molecule has 0 spiro atoms. The van der Waals surface area contributed by atoms with E-state index in [1.165, 1.54) is 18.4 Å². The zero-order valence-corrected chi connectivity index (χ0v) is 20.4. The Morgan fingerprint density at radius 3 is 2.45 bits per heavy atom. The lowest BCUT2D eigenvalue weighted by Crippen LogP contribution is -2.38. The zero-order chi connectivity index (χ0) is 23.4. The molecule has 33 heavy (non-hydrogen) atoms. The molecule has 2 fully saturated rings. The first-order valence-corrected chi connectivity index (χ1v) is 13.2. The number of halogens is 3. The van der Waals surface area contributed by atoms with Gasteiger partial charge in [-0.25, -0.2) is 4.39 Å². The minimum absolute atomic E-state index is 0.201. The molecule has 182 valence electrons. The highest BCUT2D eigenvalue weighted by molar-refractivity contribution is 7.19. The smallest absolute Gasteiger partial charge is 0.358 e. The predicted molar refractivity (Wildman–Crippen MR) is 129 cm³/mol. The van der Waals surface area contributed by atoms with Gasteiger partial charge in [0.2, 0.25) is 0 Å². The van der Waals surface area contributed by atoms with E-state index in [4.69, 9.17) is 9.47 Å². The van der Waals surface area contributed by atoms with Crippen molar-refractivity contribution in [2.75, 3.05) is 7.11 Å². The van der Waals surface area contributed by atoms with E-state index in [0.717, 1.165) is 48.8 Å². The molecule has 0 aliphatic heterocycles. The first kappa shape index (κ1) is 24.6. The Morgan fingerprint density at radius 1 is 1.06 bits per heavy atom. The van der Waals surface area contributed by atoms with E-state index in [2.05, 4.69) is 12.2 Å². The van der Waals surface area contributed by atoms with Crippen molar-refractivity contribution in [3.05, 3.63) is 41.0 Å². The molecule has 0 bridgehead atoms. The number of ether oxygens (including phenoxy) is 2. The summed E-state index contributed by atoms with van der Waals surface area (Å²) in [6.45, 7) is 2.03. The molecule has 2 aromatic rings. The van der Waals surface area contributed by atoms with Crippen molar-refractivity contribution in [1.29, 1.82) is 0 Å². The quantitative estimate of drug-likeness (QED) is 0.351. The summed E-state index contributed by atoms with van der Waals surface area (Å²) < 4.78 is 55.6. The minimum Gasteiger partial charge on any atom is -0.494 e. The van der Waals surface area contributed by atoms with Crippen LogP contribution < -0.4 is 4.74 Å². The van der Waals surface area contributed by atoms with Gasteiger partial charge in [-0.2, -0.15) is 8.78 Å². The fourth-order valence-electron chi connectivity index (χ4n) is 5.50. The van der Waals surface area contributed by atoms with E-state index >= 15 is 0 Å². The van der Waals surface area contributed by atoms with Crippen molar-refractivity contribution in [2.24, 2.45) is 11.8 Å². The molecular formula is C27H35F3O2S. The Kier molecular flexibility index (Phi) is 8.06. The number of allylic oxidation sites excluding steroid dienone is 2. The van der Waals surface area contributed by atoms with E-state index in [1.54, 1.807) is 6.07 Å². The number of thiophene rings is 1. The number of methoxy groups -OCH3 is 1. The Bertz CT molecular complexity index is 938. The van der Waals surface area contributed by atoms with Crippen molar-refractivity contribution in [1.82, 2.24) is 0 Å². The van der Waals surface area contributed by atoms with E-state index < -0.39 is 12.0 Å². The van der Waals surface area contributed by atoms with Crippen molar-refractivity contribution < 1.29 is 22.6 Å². The first-order valence-electron chi connectivity index (χ1n) is 12.3. The summed E-state index contributed by atoms with van der Waals surface area (Å²) in [5, 5.41) is 0.852. The molecule has 1 aromatic heterocycles. The summed E-state index contributed by atoms with van der Waals surface area (Å²) in [5.41, 5.74) is 0. The van der Waals surface area contributed by atoms with Gasteiger partial charge in [0.15, 0.2) is 11.6 Å². The van der Waals surface area contributed by atoms with Gasteiger partial charge < -0.3 is 9.47 Å². The monoisotopic (exact) mass is 480 g/mol. The summed E-state index contributed by atoms with van der Waals surface area (Å²) in [6, 6.07) is 5.51. The zero-order valence-electron chi connectivity index (χ0n) is 19.6. The number of benzene rings is 1. The van der Waals surface area contributed by atoms with Crippen molar-refractivity contribution in [3.8, 4) is 5.75 Å². The lowest BCUT2D eigenvalue weighted by Gasteiger charge is -2.37. The topological polar surface area (TPSA) is 18.5 Å². The molecule has 2 aliphatic carbocycles. The molecule has 0 radical (unpaired) electrons. The SMILES string of the molecule is C/C=C/CCC1CCC(OC(F)(F)C2CCC(c3cc4ccc(OC)c(F)c4s3)CC2)CC1. The molecule has 2 aliphatic rings. The van der Waals surface area contributed by atoms with Gasteiger partial charge in [0.05, 0.1) is 23.8 Å². The number of hydrogen-bond donors (Lipinski definition) is 0. The van der Waals surface area contributed by atoms with Crippen LogP contribution in [0.15, 0.2) is 30.4 Å². The third-order valence-electron chi connectivity index (χ3n) is 7.53. The molecule has 1 heterocycles. The first-order chi connectivity index (χ1) is 15.9. The van der Waals surface area contributed by atoms with Gasteiger partial charge in [0, 0.05) is 4.88 Å². The van der Waals surface area contributed by atoms with Gasteiger partial charge in [-0.1, -0.05) is 12.2 Å². The predicted octanol–water partition coefficient (Wildman–Crippen LogP) is 8.85. The van der Waals surface area contributed by atoms with E-state index in [0.29, 0.717) is 36.3 Å². The summed E-state index contributed by atoms with van der Waals surface area (Å²) in [7, 11) is 1.46. The normalized spacial score (nSPS) is 26.8. The van der Waals surface area contributed by atoms with Crippen molar-refractivity contribution >= 4 is 21.4 Å². The molecule has 0 unspecified atom stereocenters. The number of fused-ring (bicyclic) bond motifs is 1. The highest BCUT2D eigenvalue weighted by atomic mass is 32.1. The minimum atomic E-state index is -3.06. The van der Waals surface area contributed by atoms with Gasteiger partial charge >= 0.3 is 6.11 Å². The van der Waals surface area contributed by atoms with Gasteiger partial charge in [-0.3, -0.25) is 0 Å². The Balaban J connectivity index is 1.29. The van der Waals surface area contributed by atoms with Gasteiger partial charge in [-0.15, -0.1) is 11.3 Å². The molecule has 2 nitrogen and oxygen atoms in total. The largest absolute Gasteiger partial charge is 0.494 e. The maximum absolute atomic E-state index is 15.0. The van der Waals surface area contributed by atoms with E-state index in [-0.39, 0.29) is 23.6 Å². The summed E-state index contributed by atoms with van der Waals surface area (Å²) in [4.78, 5) is 1.08. The maximum atomic E-state index is 15.0. The Labute approximate surface area is 199 Å². The van der Waals surface area contributed by atoms with E-state index in [1.807, 2.05) is 19.1 Å². The Hall–Kier alpha value is -1.53. The van der Waals surface area contributed by atoms with Gasteiger partial charge in [0.1, 0.15) is 0 Å². The lowest BCUT2D eigenvalue weighted by atomic mass is 9.80. The second-order valence-corrected chi connectivity index (χ2v) is 10.8. The number of hydrogen-bond acceptors (Lipinski definition) is 3. The van der Waals surface area contributed by atoms with Crippen molar-refractivity contribution in [2.45, 2.75) is 89.3 Å². The van der Waals surface area contributed by atoms with Crippen LogP contribution in [0.25, 0.3) is 10.1 Å². The fourth-order valence-corrected chi connectivity index (χ4v) is 6.76. The third-order valence-corrected chi connectivity index (χ3v) is 8.84. The van der Waals surface area contributed by atoms with Crippen LogP contribution in [0.4, 0.5) is 13.2 Å². The average molecular weight is 481 g/mol. The number of alkyl halides is 2. The summed E-state index contributed by atoms with van der Waals surface area (Å²) in [5.74, 6) is 0.00991. The van der Waals surface area contributed by atoms with Crippen LogP contribution in [0.5, 0.6) is 5.75 Å². The average Bonchev–Trinajstić information content (AvgIpc) is 3.26. The van der Waals surface area contributed by atoms with Crippen LogP contribution in [-0.2, 0) is 4.74 Å². The van der Waals surface area contributed by atoms with Crippen LogP contribution in [0.3, 0.4) is 0 Å².